The molecule has 3 aromatic heterocycles. The molecule has 0 fully saturated rings. The van der Waals surface area contributed by atoms with Crippen molar-refractivity contribution in [3.63, 3.8) is 0 Å². The van der Waals surface area contributed by atoms with Gasteiger partial charge >= 0.3 is 0 Å². The van der Waals surface area contributed by atoms with E-state index in [-0.39, 0.29) is 11.9 Å². The number of pyridine rings is 2. The Bertz CT molecular complexity index is 1140. The molecule has 1 aromatic carbocycles. The van der Waals surface area contributed by atoms with Gasteiger partial charge in [0.05, 0.1) is 29.0 Å². The van der Waals surface area contributed by atoms with Crippen LogP contribution < -0.4 is 5.32 Å². The number of benzene rings is 1. The minimum atomic E-state index is -0.421. The van der Waals surface area contributed by atoms with Gasteiger partial charge < -0.3 is 5.32 Å². The number of nitrogens with zero attached hydrogens (tertiary/aromatic N) is 3. The molecule has 0 saturated heterocycles. The lowest BCUT2D eigenvalue weighted by Crippen LogP contribution is -2.27. The van der Waals surface area contributed by atoms with Crippen LogP contribution in [-0.4, -0.2) is 26.1 Å². The Labute approximate surface area is 160 Å². The van der Waals surface area contributed by atoms with E-state index in [1.165, 1.54) is 12.1 Å². The molecule has 0 aliphatic rings. The molecule has 0 radical (unpaired) electrons. The zero-order valence-corrected chi connectivity index (χ0v) is 15.4. The lowest BCUT2D eigenvalue weighted by Gasteiger charge is -2.16. The molecule has 2 N–H and O–H groups in total. The molecule has 28 heavy (non-hydrogen) atoms. The van der Waals surface area contributed by atoms with Crippen molar-refractivity contribution in [1.82, 2.24) is 25.5 Å². The third-order valence-electron chi connectivity index (χ3n) is 4.59. The molecule has 0 unspecified atom stereocenters. The maximum atomic E-state index is 13.8. The molecule has 4 rings (SSSR count). The van der Waals surface area contributed by atoms with Gasteiger partial charge in [0.1, 0.15) is 5.82 Å². The molecule has 4 aromatic rings. The lowest BCUT2D eigenvalue weighted by atomic mass is 10.0. The average molecular weight is 375 g/mol. The molecule has 7 heteroatoms. The first-order chi connectivity index (χ1) is 13.5. The van der Waals surface area contributed by atoms with Gasteiger partial charge in [-0.25, -0.2) is 9.37 Å². The normalized spacial score (nSPS) is 12.1. The van der Waals surface area contributed by atoms with Gasteiger partial charge in [0.2, 0.25) is 0 Å². The number of halogens is 1. The highest BCUT2D eigenvalue weighted by Gasteiger charge is 2.17. The molecule has 0 bridgehead atoms. The van der Waals surface area contributed by atoms with Crippen LogP contribution >= 0.6 is 0 Å². The predicted octanol–water partition coefficient (Wildman–Crippen LogP) is 3.96. The second kappa shape index (κ2) is 7.19. The molecular weight excluding hydrogens is 357 g/mol. The highest BCUT2D eigenvalue weighted by molar-refractivity contribution is 6.07. The van der Waals surface area contributed by atoms with Crippen molar-refractivity contribution in [1.29, 1.82) is 0 Å². The van der Waals surface area contributed by atoms with Crippen LogP contribution in [0, 0.1) is 12.7 Å². The van der Waals surface area contributed by atoms with Crippen molar-refractivity contribution in [2.45, 2.75) is 19.9 Å². The number of H-pyrrole nitrogens is 1. The van der Waals surface area contributed by atoms with E-state index >= 15 is 0 Å². The van der Waals surface area contributed by atoms with Gasteiger partial charge in [-0.05, 0) is 49.7 Å². The zero-order chi connectivity index (χ0) is 19.7. The molecule has 0 aliphatic carbocycles. The van der Waals surface area contributed by atoms with Gasteiger partial charge in [-0.1, -0.05) is 6.07 Å². The molecule has 6 nitrogen and oxygen atoms in total. The standard InChI is InChI=1S/C21H18FN5O/c1-12-3-4-14(9-23-12)13(2)26-21(28)18-8-20(15-10-24-25-11-15)27-19-6-5-16(22)7-17(18)19/h3-11,13H,1-2H3,(H,24,25)(H,26,28)/t13-/m1/s1. The van der Waals surface area contributed by atoms with E-state index in [2.05, 4.69) is 25.5 Å². The van der Waals surface area contributed by atoms with Crippen LogP contribution in [0.15, 0.2) is 55.0 Å². The van der Waals surface area contributed by atoms with Crippen molar-refractivity contribution in [2.75, 3.05) is 0 Å². The molecule has 3 heterocycles. The number of hydrogen-bond acceptors (Lipinski definition) is 4. The molecular formula is C21H18FN5O. The van der Waals surface area contributed by atoms with Gasteiger partial charge in [-0.3, -0.25) is 14.9 Å². The number of hydrogen-bond donors (Lipinski definition) is 2. The monoisotopic (exact) mass is 375 g/mol. The van der Waals surface area contributed by atoms with Gasteiger partial charge in [-0.15, -0.1) is 0 Å². The summed E-state index contributed by atoms with van der Waals surface area (Å²) in [7, 11) is 0. The van der Waals surface area contributed by atoms with Crippen LogP contribution in [0.4, 0.5) is 4.39 Å². The third kappa shape index (κ3) is 3.46. The number of fused-ring (bicyclic) bond motifs is 1. The number of rotatable bonds is 4. The number of nitrogens with one attached hydrogen (secondary N) is 2. The maximum Gasteiger partial charge on any atom is 0.252 e. The summed E-state index contributed by atoms with van der Waals surface area (Å²) in [6.45, 7) is 3.78. The first-order valence-corrected chi connectivity index (χ1v) is 8.84. The van der Waals surface area contributed by atoms with Crippen LogP contribution in [0.3, 0.4) is 0 Å². The van der Waals surface area contributed by atoms with E-state index in [9.17, 15) is 9.18 Å². The van der Waals surface area contributed by atoms with E-state index in [0.29, 0.717) is 22.2 Å². The highest BCUT2D eigenvalue weighted by Crippen LogP contribution is 2.25. The first-order valence-electron chi connectivity index (χ1n) is 8.84. The molecule has 0 aliphatic heterocycles. The number of aromatic nitrogens is 4. The Kier molecular flexibility index (Phi) is 4.57. The summed E-state index contributed by atoms with van der Waals surface area (Å²) in [5, 5.41) is 10.1. The first kappa shape index (κ1) is 17.8. The van der Waals surface area contributed by atoms with Gasteiger partial charge in [0.25, 0.3) is 5.91 Å². The number of aryl methyl sites for hydroxylation is 1. The summed E-state index contributed by atoms with van der Waals surface area (Å²) in [6, 6.07) is 9.45. The predicted molar refractivity (Wildman–Crippen MR) is 104 cm³/mol. The number of carbonyl (C=O) groups excluding carboxylic acids is 1. The molecule has 1 amide bonds. The second-order valence-corrected chi connectivity index (χ2v) is 6.63. The Hall–Kier alpha value is -3.61. The zero-order valence-electron chi connectivity index (χ0n) is 15.4. The van der Waals surface area contributed by atoms with Crippen molar-refractivity contribution in [3.05, 3.63) is 77.6 Å². The molecule has 1 atom stereocenters. The minimum Gasteiger partial charge on any atom is -0.345 e. The Morgan fingerprint density at radius 3 is 2.75 bits per heavy atom. The third-order valence-corrected chi connectivity index (χ3v) is 4.59. The van der Waals surface area contributed by atoms with E-state index < -0.39 is 5.82 Å². The fraction of sp³-hybridized carbons (Fsp3) is 0.143. The van der Waals surface area contributed by atoms with Crippen LogP contribution in [0.25, 0.3) is 22.2 Å². The van der Waals surface area contributed by atoms with E-state index in [1.807, 2.05) is 26.0 Å². The van der Waals surface area contributed by atoms with Crippen LogP contribution in [0.1, 0.15) is 34.6 Å². The van der Waals surface area contributed by atoms with Crippen molar-refractivity contribution >= 4 is 16.8 Å². The molecule has 0 saturated carbocycles. The second-order valence-electron chi connectivity index (χ2n) is 6.63. The van der Waals surface area contributed by atoms with Crippen molar-refractivity contribution in [3.8, 4) is 11.3 Å². The van der Waals surface area contributed by atoms with Gasteiger partial charge in [0.15, 0.2) is 0 Å². The molecule has 0 spiro atoms. The maximum absolute atomic E-state index is 13.8. The van der Waals surface area contributed by atoms with Gasteiger partial charge in [0, 0.05) is 29.0 Å². The van der Waals surface area contributed by atoms with Crippen LogP contribution in [-0.2, 0) is 0 Å². The number of amides is 1. The summed E-state index contributed by atoms with van der Waals surface area (Å²) >= 11 is 0. The largest absolute Gasteiger partial charge is 0.345 e. The lowest BCUT2D eigenvalue weighted by molar-refractivity contribution is 0.0941. The average Bonchev–Trinajstić information content (AvgIpc) is 3.22. The number of aromatic amines is 1. The smallest absolute Gasteiger partial charge is 0.252 e. The molecule has 140 valence electrons. The minimum absolute atomic E-state index is 0.255. The fourth-order valence-corrected chi connectivity index (χ4v) is 3.02. The van der Waals surface area contributed by atoms with Crippen LogP contribution in [0.5, 0.6) is 0 Å². The van der Waals surface area contributed by atoms with E-state index in [4.69, 9.17) is 0 Å². The topological polar surface area (TPSA) is 83.6 Å². The Balaban J connectivity index is 1.74. The number of carbonyl (C=O) groups is 1. The van der Waals surface area contributed by atoms with Gasteiger partial charge in [-0.2, -0.15) is 5.10 Å². The summed E-state index contributed by atoms with van der Waals surface area (Å²) in [6.07, 6.45) is 5.06. The summed E-state index contributed by atoms with van der Waals surface area (Å²) < 4.78 is 13.8. The van der Waals surface area contributed by atoms with Crippen molar-refractivity contribution < 1.29 is 9.18 Å². The fourth-order valence-electron chi connectivity index (χ4n) is 3.02. The summed E-state index contributed by atoms with van der Waals surface area (Å²) in [4.78, 5) is 21.8. The van der Waals surface area contributed by atoms with E-state index in [0.717, 1.165) is 16.8 Å². The summed E-state index contributed by atoms with van der Waals surface area (Å²) in [5.74, 6) is -0.731. The van der Waals surface area contributed by atoms with Crippen molar-refractivity contribution in [2.24, 2.45) is 0 Å². The Morgan fingerprint density at radius 2 is 2.04 bits per heavy atom. The quantitative estimate of drug-likeness (QED) is 0.566. The SMILES string of the molecule is Cc1ccc([C@@H](C)NC(=O)c2cc(-c3cn[nH]c3)nc3ccc(F)cc23)cn1. The van der Waals surface area contributed by atoms with E-state index in [1.54, 1.807) is 30.7 Å². The van der Waals surface area contributed by atoms with Crippen LogP contribution in [0.2, 0.25) is 0 Å². The highest BCUT2D eigenvalue weighted by atomic mass is 19.1. The Morgan fingerprint density at radius 1 is 1.18 bits per heavy atom. The summed E-state index contributed by atoms with van der Waals surface area (Å²) in [5.41, 5.74) is 4.02.